The van der Waals surface area contributed by atoms with E-state index in [9.17, 15) is 23.2 Å². The Kier molecular flexibility index (Phi) is 7.88. The molecule has 0 unspecified atom stereocenters. The average molecular weight is 525 g/mol. The number of nitrogens with zero attached hydrogens (tertiary/aromatic N) is 1. The van der Waals surface area contributed by atoms with Crippen molar-refractivity contribution in [2.45, 2.75) is 26.2 Å². The Morgan fingerprint density at radius 1 is 1.00 bits per heavy atom. The number of carboxylic acids is 1. The van der Waals surface area contributed by atoms with E-state index in [0.717, 1.165) is 23.0 Å². The van der Waals surface area contributed by atoms with Crippen molar-refractivity contribution in [1.82, 2.24) is 10.3 Å². The third-order valence-electron chi connectivity index (χ3n) is 5.45. The number of pyridine rings is 1. The third kappa shape index (κ3) is 6.53. The van der Waals surface area contributed by atoms with Gasteiger partial charge in [-0.3, -0.25) is 19.4 Å². The number of Topliss-reactive ketones (excluding diaryl/α,β-unsaturated/α-hetero) is 1. The van der Waals surface area contributed by atoms with Crippen molar-refractivity contribution < 1.29 is 33.0 Å². The fourth-order valence-electron chi connectivity index (χ4n) is 3.67. The molecule has 0 bridgehead atoms. The van der Waals surface area contributed by atoms with E-state index in [2.05, 4.69) is 10.3 Å². The van der Waals surface area contributed by atoms with Crippen LogP contribution in [0.25, 0.3) is 10.2 Å². The molecule has 2 aromatic heterocycles. The number of hydrogen-bond donors (Lipinski definition) is 2. The lowest BCUT2D eigenvalue weighted by molar-refractivity contribution is -0.136. The van der Waals surface area contributed by atoms with Gasteiger partial charge in [0.05, 0.1) is 21.5 Å². The number of nitrogens with one attached hydrogen (secondary N) is 1. The lowest BCUT2D eigenvalue weighted by Crippen LogP contribution is -2.25. The van der Waals surface area contributed by atoms with Gasteiger partial charge < -0.3 is 15.2 Å². The van der Waals surface area contributed by atoms with Crippen LogP contribution in [0, 0.1) is 18.6 Å². The molecule has 7 nitrogen and oxygen atoms in total. The number of benzene rings is 2. The lowest BCUT2D eigenvalue weighted by atomic mass is 10.0. The van der Waals surface area contributed by atoms with Gasteiger partial charge in [0.15, 0.2) is 0 Å². The first-order valence-corrected chi connectivity index (χ1v) is 12.1. The molecular formula is C27H22F2N2O5S. The first-order chi connectivity index (χ1) is 17.7. The number of carbonyl (C=O) groups is 3. The van der Waals surface area contributed by atoms with Gasteiger partial charge in [0.1, 0.15) is 28.9 Å². The molecule has 0 aliphatic rings. The highest BCUT2D eigenvalue weighted by Gasteiger charge is 2.16. The van der Waals surface area contributed by atoms with Crippen molar-refractivity contribution in [1.29, 1.82) is 0 Å². The molecule has 0 aliphatic heterocycles. The van der Waals surface area contributed by atoms with E-state index in [0.29, 0.717) is 20.8 Å². The number of ketones is 1. The predicted octanol–water partition coefficient (Wildman–Crippen LogP) is 5.23. The predicted molar refractivity (Wildman–Crippen MR) is 134 cm³/mol. The van der Waals surface area contributed by atoms with Crippen LogP contribution < -0.4 is 10.1 Å². The summed E-state index contributed by atoms with van der Waals surface area (Å²) in [6, 6.07) is 11.8. The minimum Gasteiger partial charge on any atom is -0.481 e. The highest BCUT2D eigenvalue weighted by atomic mass is 32.1. The van der Waals surface area contributed by atoms with Crippen molar-refractivity contribution in [3.63, 3.8) is 0 Å². The first kappa shape index (κ1) is 25.9. The molecule has 0 radical (unpaired) electrons. The molecule has 0 aliphatic carbocycles. The van der Waals surface area contributed by atoms with Crippen LogP contribution >= 0.6 is 11.3 Å². The first-order valence-electron chi connectivity index (χ1n) is 11.3. The lowest BCUT2D eigenvalue weighted by Gasteiger charge is -2.09. The van der Waals surface area contributed by atoms with E-state index in [4.69, 9.17) is 9.84 Å². The number of fused-ring (bicyclic) bond motifs is 1. The van der Waals surface area contributed by atoms with Gasteiger partial charge in [-0.2, -0.15) is 0 Å². The zero-order valence-electron chi connectivity index (χ0n) is 19.7. The topological polar surface area (TPSA) is 106 Å². The summed E-state index contributed by atoms with van der Waals surface area (Å²) < 4.78 is 35.2. The van der Waals surface area contributed by atoms with Crippen LogP contribution in [0.2, 0.25) is 0 Å². The van der Waals surface area contributed by atoms with Gasteiger partial charge in [-0.05, 0) is 36.2 Å². The number of amides is 1. The van der Waals surface area contributed by atoms with E-state index in [1.165, 1.54) is 24.4 Å². The van der Waals surface area contributed by atoms with E-state index in [-0.39, 0.29) is 48.5 Å². The molecule has 4 rings (SSSR count). The van der Waals surface area contributed by atoms with E-state index in [1.54, 1.807) is 31.2 Å². The Morgan fingerprint density at radius 3 is 2.54 bits per heavy atom. The van der Waals surface area contributed by atoms with Crippen LogP contribution in [0.1, 0.15) is 32.8 Å². The highest BCUT2D eigenvalue weighted by Crippen LogP contribution is 2.35. The minimum atomic E-state index is -1.02. The largest absolute Gasteiger partial charge is 0.481 e. The van der Waals surface area contributed by atoms with Crippen LogP contribution in [-0.4, -0.2) is 34.3 Å². The maximum atomic E-state index is 14.8. The maximum absolute atomic E-state index is 14.8. The van der Waals surface area contributed by atoms with Gasteiger partial charge in [0, 0.05) is 37.7 Å². The van der Waals surface area contributed by atoms with E-state index in [1.807, 2.05) is 0 Å². The van der Waals surface area contributed by atoms with Crippen molar-refractivity contribution >= 4 is 39.2 Å². The molecule has 1 amide bonds. The van der Waals surface area contributed by atoms with Crippen LogP contribution in [0.4, 0.5) is 8.78 Å². The van der Waals surface area contributed by atoms with Gasteiger partial charge >= 0.3 is 5.97 Å². The second-order valence-corrected chi connectivity index (χ2v) is 9.43. The summed E-state index contributed by atoms with van der Waals surface area (Å²) in [5, 5.41) is 11.2. The van der Waals surface area contributed by atoms with Crippen LogP contribution in [-0.2, 0) is 22.4 Å². The number of aromatic nitrogens is 1. The second-order valence-electron chi connectivity index (χ2n) is 8.38. The molecule has 2 heterocycles. The number of ether oxygens (including phenoxy) is 1. The molecule has 2 N–H and O–H groups in total. The molecule has 190 valence electrons. The SMILES string of the molecule is Cc1ccc(F)c(CC(=O)Cc2ccc(Oc3ccnc4cc(C(=O)NCCC(=O)O)sc34)cc2F)c1. The van der Waals surface area contributed by atoms with Crippen molar-refractivity contribution in [3.8, 4) is 11.5 Å². The number of aryl methyl sites for hydroxylation is 1. The van der Waals surface area contributed by atoms with Crippen molar-refractivity contribution in [2.75, 3.05) is 6.54 Å². The highest BCUT2D eigenvalue weighted by molar-refractivity contribution is 7.21. The van der Waals surface area contributed by atoms with E-state index < -0.39 is 23.5 Å². The van der Waals surface area contributed by atoms with Gasteiger partial charge in [0.2, 0.25) is 0 Å². The summed E-state index contributed by atoms with van der Waals surface area (Å²) in [4.78, 5) is 40.0. The summed E-state index contributed by atoms with van der Waals surface area (Å²) in [6.07, 6.45) is 0.971. The molecule has 0 spiro atoms. The normalized spacial score (nSPS) is 10.9. The molecule has 0 fully saturated rings. The molecule has 37 heavy (non-hydrogen) atoms. The number of aliphatic carboxylic acids is 1. The van der Waals surface area contributed by atoms with Crippen LogP contribution in [0.15, 0.2) is 54.7 Å². The summed E-state index contributed by atoms with van der Waals surface area (Å²) in [5.41, 5.74) is 1.77. The molecule has 0 saturated carbocycles. The zero-order valence-corrected chi connectivity index (χ0v) is 20.5. The van der Waals surface area contributed by atoms with Gasteiger partial charge in [-0.1, -0.05) is 23.8 Å². The van der Waals surface area contributed by atoms with Gasteiger partial charge in [-0.15, -0.1) is 11.3 Å². The van der Waals surface area contributed by atoms with Crippen LogP contribution in [0.3, 0.4) is 0 Å². The monoisotopic (exact) mass is 524 g/mol. The average Bonchev–Trinajstić information content (AvgIpc) is 3.28. The molecule has 10 heteroatoms. The number of hydrogen-bond acceptors (Lipinski definition) is 6. The third-order valence-corrected chi connectivity index (χ3v) is 6.59. The maximum Gasteiger partial charge on any atom is 0.305 e. The summed E-state index contributed by atoms with van der Waals surface area (Å²) in [7, 11) is 0. The van der Waals surface area contributed by atoms with Gasteiger partial charge in [0.25, 0.3) is 5.91 Å². The van der Waals surface area contributed by atoms with Crippen LogP contribution in [0.5, 0.6) is 11.5 Å². The molecule has 4 aromatic rings. The Balaban J connectivity index is 1.45. The van der Waals surface area contributed by atoms with Gasteiger partial charge in [-0.25, -0.2) is 8.78 Å². The number of halogens is 2. The molecule has 2 aromatic carbocycles. The fourth-order valence-corrected chi connectivity index (χ4v) is 4.65. The van der Waals surface area contributed by atoms with Crippen molar-refractivity contribution in [3.05, 3.63) is 87.9 Å². The Labute approximate surface area is 214 Å². The summed E-state index contributed by atoms with van der Waals surface area (Å²) in [6.45, 7) is 1.80. The smallest absolute Gasteiger partial charge is 0.305 e. The zero-order chi connectivity index (χ0) is 26.5. The van der Waals surface area contributed by atoms with Crippen molar-refractivity contribution in [2.24, 2.45) is 0 Å². The second kappa shape index (κ2) is 11.3. The fraction of sp³-hybridized carbons (Fsp3) is 0.185. The number of carboxylic acid groups (broad SMARTS) is 1. The molecule has 0 atom stereocenters. The number of rotatable bonds is 10. The molecular weight excluding hydrogens is 502 g/mol. The summed E-state index contributed by atoms with van der Waals surface area (Å²) in [5.74, 6) is -2.32. The minimum absolute atomic E-state index is 0.00669. The van der Waals surface area contributed by atoms with E-state index >= 15 is 0 Å². The molecule has 0 saturated heterocycles. The number of thiophene rings is 1. The number of carbonyl (C=O) groups excluding carboxylic acids is 2. The summed E-state index contributed by atoms with van der Waals surface area (Å²) >= 11 is 1.11. The standard InChI is InChI=1S/C27H22F2N2O5S/c1-15-2-5-20(28)17(10-15)12-18(32)11-16-3-4-19(13-21(16)29)36-23-6-8-30-22-14-24(37-26(22)23)27(35)31-9-7-25(33)34/h2-6,8,10,13-14H,7,9,11-12H2,1H3,(H,31,35)(H,33,34). The quantitative estimate of drug-likeness (QED) is 0.294. The Morgan fingerprint density at radius 2 is 1.78 bits per heavy atom. The Bertz CT molecular complexity index is 1500. The Hall–Kier alpha value is -4.18.